The van der Waals surface area contributed by atoms with Crippen LogP contribution < -0.4 is 0 Å². The molecule has 0 bridgehead atoms. The molecule has 0 atom stereocenters. The van der Waals surface area contributed by atoms with Crippen LogP contribution >= 0.6 is 0 Å². The number of phenols is 1. The summed E-state index contributed by atoms with van der Waals surface area (Å²) in [5, 5.41) is 18.3. The summed E-state index contributed by atoms with van der Waals surface area (Å²) < 4.78 is 0. The normalized spacial score (nSPS) is 8.74. The van der Waals surface area contributed by atoms with Gasteiger partial charge in [-0.25, -0.2) is 0 Å². The molecule has 0 aromatic heterocycles. The van der Waals surface area contributed by atoms with Gasteiger partial charge in [0.05, 0.1) is 0 Å². The van der Waals surface area contributed by atoms with E-state index in [1.54, 1.807) is 24.3 Å². The number of hydrogen-bond acceptors (Lipinski definition) is 2. The highest BCUT2D eigenvalue weighted by molar-refractivity contribution is 5.81. The van der Waals surface area contributed by atoms with Gasteiger partial charge < -0.3 is 10.2 Å². The van der Waals surface area contributed by atoms with Gasteiger partial charge in [0, 0.05) is 7.11 Å². The summed E-state index contributed by atoms with van der Waals surface area (Å²) in [6.45, 7) is 0. The van der Waals surface area contributed by atoms with Crippen LogP contribution in [0.4, 0.5) is 0 Å². The van der Waals surface area contributed by atoms with Crippen LogP contribution in [0.5, 0.6) is 5.75 Å². The van der Waals surface area contributed by atoms with E-state index in [0.717, 1.165) is 7.11 Å². The van der Waals surface area contributed by atoms with Crippen molar-refractivity contribution in [2.24, 2.45) is 0 Å². The third-order valence-electron chi connectivity index (χ3n) is 2.41. The maximum atomic E-state index is 8.63. The van der Waals surface area contributed by atoms with E-state index in [2.05, 4.69) is 48.5 Å². The van der Waals surface area contributed by atoms with Gasteiger partial charge >= 0.3 is 0 Å². The zero-order valence-electron chi connectivity index (χ0n) is 10.9. The van der Waals surface area contributed by atoms with Crippen LogP contribution in [0.25, 0.3) is 10.8 Å². The van der Waals surface area contributed by atoms with Crippen molar-refractivity contribution in [1.82, 2.24) is 0 Å². The van der Waals surface area contributed by atoms with Crippen LogP contribution in [0.2, 0.25) is 0 Å². The summed E-state index contributed by atoms with van der Waals surface area (Å²) >= 11 is 0. The van der Waals surface area contributed by atoms with Crippen LogP contribution in [-0.4, -0.2) is 17.3 Å². The first-order chi connectivity index (χ1) is 9.36. The van der Waals surface area contributed by atoms with Crippen molar-refractivity contribution in [3.05, 3.63) is 78.9 Å². The number of aromatic hydroxyl groups is 1. The van der Waals surface area contributed by atoms with Gasteiger partial charge in [0.2, 0.25) is 0 Å². The van der Waals surface area contributed by atoms with Gasteiger partial charge in [-0.3, -0.25) is 0 Å². The van der Waals surface area contributed by atoms with Gasteiger partial charge in [-0.1, -0.05) is 66.7 Å². The van der Waals surface area contributed by atoms with E-state index >= 15 is 0 Å². The van der Waals surface area contributed by atoms with Crippen LogP contribution in [-0.2, 0) is 0 Å². The zero-order chi connectivity index (χ0) is 13.9. The molecule has 0 saturated heterocycles. The maximum Gasteiger partial charge on any atom is 0.115 e. The van der Waals surface area contributed by atoms with Gasteiger partial charge in [-0.15, -0.1) is 0 Å². The predicted octanol–water partition coefficient (Wildman–Crippen LogP) is 3.84. The molecule has 2 heteroatoms. The average molecular weight is 254 g/mol. The van der Waals surface area contributed by atoms with Gasteiger partial charge in [0.15, 0.2) is 0 Å². The first-order valence-electron chi connectivity index (χ1n) is 5.99. The molecule has 3 aromatic rings. The highest BCUT2D eigenvalue weighted by Gasteiger charge is 1.85. The Balaban J connectivity index is 0.000000177. The lowest BCUT2D eigenvalue weighted by Crippen LogP contribution is -1.67. The molecule has 0 aliphatic carbocycles. The molecule has 0 spiro atoms. The van der Waals surface area contributed by atoms with Gasteiger partial charge in [0.1, 0.15) is 5.75 Å². The second kappa shape index (κ2) is 8.72. The van der Waals surface area contributed by atoms with Gasteiger partial charge in [-0.2, -0.15) is 0 Å². The minimum atomic E-state index is 0.322. The predicted molar refractivity (Wildman–Crippen MR) is 80.2 cm³/mol. The molecular formula is C17H18O2. The van der Waals surface area contributed by atoms with Gasteiger partial charge in [-0.05, 0) is 22.9 Å². The molecule has 0 heterocycles. The van der Waals surface area contributed by atoms with Gasteiger partial charge in [0.25, 0.3) is 0 Å². The second-order valence-corrected chi connectivity index (χ2v) is 3.68. The molecular weight excluding hydrogens is 236 g/mol. The fourth-order valence-corrected chi connectivity index (χ4v) is 1.56. The van der Waals surface area contributed by atoms with E-state index in [9.17, 15) is 0 Å². The Bertz CT molecular complexity index is 511. The molecule has 0 aliphatic heterocycles. The Morgan fingerprint density at radius 1 is 0.526 bits per heavy atom. The number of hydrogen-bond donors (Lipinski definition) is 2. The molecule has 2 N–H and O–H groups in total. The third kappa shape index (κ3) is 5.23. The molecule has 0 saturated carbocycles. The van der Waals surface area contributed by atoms with E-state index in [4.69, 9.17) is 10.2 Å². The van der Waals surface area contributed by atoms with Crippen LogP contribution in [0.15, 0.2) is 78.9 Å². The summed E-state index contributed by atoms with van der Waals surface area (Å²) in [5.41, 5.74) is 0. The van der Waals surface area contributed by atoms with Crippen LogP contribution in [0, 0.1) is 0 Å². The number of phenolic OH excluding ortho intramolecular Hbond substituents is 1. The summed E-state index contributed by atoms with van der Waals surface area (Å²) in [5.74, 6) is 0.322. The highest BCUT2D eigenvalue weighted by atomic mass is 16.3. The van der Waals surface area contributed by atoms with E-state index in [1.165, 1.54) is 10.8 Å². The molecule has 2 nitrogen and oxygen atoms in total. The first-order valence-corrected chi connectivity index (χ1v) is 5.99. The highest BCUT2D eigenvalue weighted by Crippen LogP contribution is 2.11. The number of aliphatic hydroxyl groups excluding tert-OH is 1. The number of rotatable bonds is 0. The van der Waals surface area contributed by atoms with Crippen molar-refractivity contribution in [3.63, 3.8) is 0 Å². The largest absolute Gasteiger partial charge is 0.508 e. The second-order valence-electron chi connectivity index (χ2n) is 3.68. The maximum absolute atomic E-state index is 8.63. The molecule has 0 fully saturated rings. The van der Waals surface area contributed by atoms with Crippen molar-refractivity contribution in [2.45, 2.75) is 0 Å². The van der Waals surface area contributed by atoms with E-state index < -0.39 is 0 Å². The average Bonchev–Trinajstić information content (AvgIpc) is 2.51. The van der Waals surface area contributed by atoms with Crippen molar-refractivity contribution in [1.29, 1.82) is 0 Å². The summed E-state index contributed by atoms with van der Waals surface area (Å²) in [7, 11) is 1.00. The van der Waals surface area contributed by atoms with E-state index in [-0.39, 0.29) is 0 Å². The Morgan fingerprint density at radius 3 is 1.11 bits per heavy atom. The summed E-state index contributed by atoms with van der Waals surface area (Å²) in [6, 6.07) is 25.4. The fourth-order valence-electron chi connectivity index (χ4n) is 1.56. The lowest BCUT2D eigenvalue weighted by molar-refractivity contribution is 0.399. The quantitative estimate of drug-likeness (QED) is 0.640. The number of fused-ring (bicyclic) bond motifs is 1. The number of aliphatic hydroxyl groups is 1. The minimum Gasteiger partial charge on any atom is -0.508 e. The van der Waals surface area contributed by atoms with Crippen molar-refractivity contribution >= 4 is 10.8 Å². The molecule has 3 aromatic carbocycles. The third-order valence-corrected chi connectivity index (χ3v) is 2.41. The lowest BCUT2D eigenvalue weighted by Gasteiger charge is -1.92. The van der Waals surface area contributed by atoms with Crippen molar-refractivity contribution in [2.75, 3.05) is 7.11 Å². The Kier molecular flexibility index (Phi) is 6.77. The lowest BCUT2D eigenvalue weighted by atomic mass is 10.1. The molecule has 0 aliphatic rings. The van der Waals surface area contributed by atoms with Crippen molar-refractivity contribution < 1.29 is 10.2 Å². The first kappa shape index (κ1) is 14.7. The Hall–Kier alpha value is -2.32. The van der Waals surface area contributed by atoms with E-state index in [1.807, 2.05) is 6.07 Å². The molecule has 3 rings (SSSR count). The molecule has 19 heavy (non-hydrogen) atoms. The number of para-hydroxylation sites is 1. The molecule has 98 valence electrons. The molecule has 0 amide bonds. The summed E-state index contributed by atoms with van der Waals surface area (Å²) in [6.07, 6.45) is 0. The Labute approximate surface area is 113 Å². The zero-order valence-corrected chi connectivity index (χ0v) is 10.9. The summed E-state index contributed by atoms with van der Waals surface area (Å²) in [4.78, 5) is 0. The van der Waals surface area contributed by atoms with E-state index in [0.29, 0.717) is 5.75 Å². The Morgan fingerprint density at radius 2 is 0.842 bits per heavy atom. The SMILES string of the molecule is CO.Oc1ccccc1.c1ccc2ccccc2c1. The van der Waals surface area contributed by atoms with Crippen LogP contribution in [0.3, 0.4) is 0 Å². The van der Waals surface area contributed by atoms with Crippen LogP contribution in [0.1, 0.15) is 0 Å². The molecule has 0 radical (unpaired) electrons. The smallest absolute Gasteiger partial charge is 0.115 e. The minimum absolute atomic E-state index is 0.322. The van der Waals surface area contributed by atoms with Crippen molar-refractivity contribution in [3.8, 4) is 5.75 Å². The topological polar surface area (TPSA) is 40.5 Å². The standard InChI is InChI=1S/C10H8.C6H6O.CH4O/c1-2-6-10-8-4-3-7-9(10)5-1;7-6-4-2-1-3-5-6;1-2/h1-8H;1-5,7H;2H,1H3. The number of benzene rings is 3. The fraction of sp³-hybridized carbons (Fsp3) is 0.0588. The monoisotopic (exact) mass is 254 g/mol. The molecule has 0 unspecified atom stereocenters.